The zero-order valence-electron chi connectivity index (χ0n) is 6.09. The number of nitrogens with two attached hydrogens (primary N) is 1. The van der Waals surface area contributed by atoms with Gasteiger partial charge in [-0.15, -0.1) is 0 Å². The number of methoxy groups -OCH3 is 1. The summed E-state index contributed by atoms with van der Waals surface area (Å²) in [4.78, 5) is 3.98. The number of aryl methyl sites for hydroxylation is 1. The van der Waals surface area contributed by atoms with Gasteiger partial charge in [-0.1, -0.05) is 0 Å². The van der Waals surface area contributed by atoms with Crippen LogP contribution in [-0.4, -0.2) is 12.1 Å². The van der Waals surface area contributed by atoms with E-state index in [-0.39, 0.29) is 0 Å². The predicted octanol–water partition coefficient (Wildman–Crippen LogP) is 0.981. The van der Waals surface area contributed by atoms with Gasteiger partial charge in [-0.2, -0.15) is 0 Å². The second-order valence-corrected chi connectivity index (χ2v) is 2.01. The average molecular weight is 138 g/mol. The number of nitrogen functional groups attached to an aromatic ring is 1. The summed E-state index contributed by atoms with van der Waals surface area (Å²) in [7, 11) is 1.59. The normalized spacial score (nSPS) is 9.40. The van der Waals surface area contributed by atoms with Gasteiger partial charge in [-0.25, -0.2) is 0 Å². The number of aromatic nitrogens is 1. The van der Waals surface area contributed by atoms with Gasteiger partial charge in [-0.05, 0) is 6.92 Å². The molecule has 0 unspecified atom stereocenters. The lowest BCUT2D eigenvalue weighted by molar-refractivity contribution is 0.416. The van der Waals surface area contributed by atoms with Crippen molar-refractivity contribution < 1.29 is 4.74 Å². The Labute approximate surface area is 59.8 Å². The van der Waals surface area contributed by atoms with Gasteiger partial charge in [-0.3, -0.25) is 4.98 Å². The fourth-order valence-electron chi connectivity index (χ4n) is 0.732. The van der Waals surface area contributed by atoms with Crippen molar-refractivity contribution in [3.05, 3.63) is 18.0 Å². The van der Waals surface area contributed by atoms with Crippen molar-refractivity contribution in [3.63, 3.8) is 0 Å². The van der Waals surface area contributed by atoms with Crippen LogP contribution in [0.25, 0.3) is 0 Å². The van der Waals surface area contributed by atoms with Crippen LogP contribution in [0.1, 0.15) is 5.69 Å². The first-order chi connectivity index (χ1) is 4.75. The molecule has 0 aliphatic heterocycles. The van der Waals surface area contributed by atoms with Gasteiger partial charge < -0.3 is 10.5 Å². The van der Waals surface area contributed by atoms with Crippen LogP contribution < -0.4 is 10.5 Å². The first-order valence-corrected chi connectivity index (χ1v) is 3.00. The summed E-state index contributed by atoms with van der Waals surface area (Å²) in [6.07, 6.45) is 1.67. The Kier molecular flexibility index (Phi) is 1.76. The third-order valence-electron chi connectivity index (χ3n) is 1.37. The zero-order valence-corrected chi connectivity index (χ0v) is 6.09. The molecule has 0 atom stereocenters. The number of anilines is 1. The van der Waals surface area contributed by atoms with Gasteiger partial charge in [0.1, 0.15) is 5.75 Å². The lowest BCUT2D eigenvalue weighted by Crippen LogP contribution is -1.96. The molecule has 0 aliphatic carbocycles. The number of rotatable bonds is 1. The van der Waals surface area contributed by atoms with E-state index in [1.165, 1.54) is 0 Å². The molecule has 2 N–H and O–H groups in total. The second-order valence-electron chi connectivity index (χ2n) is 2.01. The standard InChI is InChI=1S/C7H10N2O/c1-5-7(8)6(10-2)3-4-9-5/h3-4H,8H2,1-2H3. The van der Waals surface area contributed by atoms with Crippen LogP contribution in [0, 0.1) is 6.92 Å². The molecule has 1 aromatic heterocycles. The number of hydrogen-bond acceptors (Lipinski definition) is 3. The quantitative estimate of drug-likeness (QED) is 0.629. The fourth-order valence-corrected chi connectivity index (χ4v) is 0.732. The number of pyridine rings is 1. The van der Waals surface area contributed by atoms with E-state index in [0.29, 0.717) is 11.4 Å². The Morgan fingerprint density at radius 3 is 2.80 bits per heavy atom. The Balaban J connectivity index is 3.14. The molecule has 0 saturated carbocycles. The topological polar surface area (TPSA) is 48.1 Å². The Hall–Kier alpha value is -1.25. The van der Waals surface area contributed by atoms with Crippen LogP contribution in [0.15, 0.2) is 12.3 Å². The van der Waals surface area contributed by atoms with E-state index in [1.807, 2.05) is 6.92 Å². The van der Waals surface area contributed by atoms with Gasteiger partial charge in [0.25, 0.3) is 0 Å². The first-order valence-electron chi connectivity index (χ1n) is 3.00. The molecular formula is C7H10N2O. The molecule has 0 saturated heterocycles. The SMILES string of the molecule is COc1ccnc(C)c1N. The van der Waals surface area contributed by atoms with Gasteiger partial charge in [0.2, 0.25) is 0 Å². The van der Waals surface area contributed by atoms with E-state index in [1.54, 1.807) is 19.4 Å². The first kappa shape index (κ1) is 6.86. The molecule has 3 heteroatoms. The number of nitrogens with zero attached hydrogens (tertiary/aromatic N) is 1. The third-order valence-corrected chi connectivity index (χ3v) is 1.37. The molecule has 0 bridgehead atoms. The molecule has 3 nitrogen and oxygen atoms in total. The van der Waals surface area contributed by atoms with Crippen LogP contribution >= 0.6 is 0 Å². The van der Waals surface area contributed by atoms with Crippen molar-refractivity contribution in [2.75, 3.05) is 12.8 Å². The summed E-state index contributed by atoms with van der Waals surface area (Å²) in [5.41, 5.74) is 7.03. The molecule has 10 heavy (non-hydrogen) atoms. The zero-order chi connectivity index (χ0) is 7.56. The third kappa shape index (κ3) is 1.03. The van der Waals surface area contributed by atoms with Crippen molar-refractivity contribution in [2.24, 2.45) is 0 Å². The van der Waals surface area contributed by atoms with E-state index in [9.17, 15) is 0 Å². The summed E-state index contributed by atoms with van der Waals surface area (Å²) in [6.45, 7) is 1.85. The summed E-state index contributed by atoms with van der Waals surface area (Å²) in [5.74, 6) is 0.688. The maximum absolute atomic E-state index is 5.61. The minimum atomic E-state index is 0.616. The Bertz CT molecular complexity index is 235. The van der Waals surface area contributed by atoms with E-state index in [0.717, 1.165) is 5.69 Å². The molecule has 0 radical (unpaired) electrons. The predicted molar refractivity (Wildman–Crippen MR) is 39.9 cm³/mol. The van der Waals surface area contributed by atoms with Crippen LogP contribution in [-0.2, 0) is 0 Å². The maximum atomic E-state index is 5.61. The fraction of sp³-hybridized carbons (Fsp3) is 0.286. The van der Waals surface area contributed by atoms with Gasteiger partial charge in [0, 0.05) is 12.3 Å². The highest BCUT2D eigenvalue weighted by Crippen LogP contribution is 2.21. The molecule has 1 heterocycles. The molecule has 0 aromatic carbocycles. The van der Waals surface area contributed by atoms with Gasteiger partial charge in [0.05, 0.1) is 18.5 Å². The molecule has 0 aliphatic rings. The van der Waals surface area contributed by atoms with Gasteiger partial charge in [0.15, 0.2) is 0 Å². The lowest BCUT2D eigenvalue weighted by atomic mass is 10.3. The summed E-state index contributed by atoms with van der Waals surface area (Å²) >= 11 is 0. The molecule has 0 amide bonds. The van der Waals surface area contributed by atoms with Crippen LogP contribution in [0.2, 0.25) is 0 Å². The van der Waals surface area contributed by atoms with E-state index in [4.69, 9.17) is 10.5 Å². The summed E-state index contributed by atoms with van der Waals surface area (Å²) in [5, 5.41) is 0. The largest absolute Gasteiger partial charge is 0.494 e. The monoisotopic (exact) mass is 138 g/mol. The molecular weight excluding hydrogens is 128 g/mol. The summed E-state index contributed by atoms with van der Waals surface area (Å²) in [6, 6.07) is 1.74. The Morgan fingerprint density at radius 2 is 2.30 bits per heavy atom. The Morgan fingerprint density at radius 1 is 1.60 bits per heavy atom. The van der Waals surface area contributed by atoms with Gasteiger partial charge >= 0.3 is 0 Å². The number of hydrogen-bond donors (Lipinski definition) is 1. The molecule has 54 valence electrons. The highest BCUT2D eigenvalue weighted by atomic mass is 16.5. The van der Waals surface area contributed by atoms with Crippen LogP contribution in [0.5, 0.6) is 5.75 Å². The molecule has 0 fully saturated rings. The van der Waals surface area contributed by atoms with Crippen molar-refractivity contribution >= 4 is 5.69 Å². The summed E-state index contributed by atoms with van der Waals surface area (Å²) < 4.78 is 4.96. The van der Waals surface area contributed by atoms with Crippen molar-refractivity contribution in [1.29, 1.82) is 0 Å². The van der Waals surface area contributed by atoms with Crippen LogP contribution in [0.4, 0.5) is 5.69 Å². The van der Waals surface area contributed by atoms with E-state index >= 15 is 0 Å². The number of ether oxygens (including phenoxy) is 1. The van der Waals surface area contributed by atoms with E-state index < -0.39 is 0 Å². The average Bonchev–Trinajstić information content (AvgIpc) is 1.95. The lowest BCUT2D eigenvalue weighted by Gasteiger charge is -2.04. The van der Waals surface area contributed by atoms with Crippen molar-refractivity contribution in [2.45, 2.75) is 6.92 Å². The smallest absolute Gasteiger partial charge is 0.145 e. The minimum Gasteiger partial charge on any atom is -0.494 e. The molecule has 1 rings (SSSR count). The molecule has 0 spiro atoms. The second kappa shape index (κ2) is 2.56. The van der Waals surface area contributed by atoms with E-state index in [2.05, 4.69) is 4.98 Å². The van der Waals surface area contributed by atoms with Crippen molar-refractivity contribution in [1.82, 2.24) is 4.98 Å². The highest BCUT2D eigenvalue weighted by molar-refractivity contribution is 5.54. The molecule has 1 aromatic rings. The maximum Gasteiger partial charge on any atom is 0.145 e. The van der Waals surface area contributed by atoms with Crippen LogP contribution in [0.3, 0.4) is 0 Å². The minimum absolute atomic E-state index is 0.616. The highest BCUT2D eigenvalue weighted by Gasteiger charge is 1.99. The van der Waals surface area contributed by atoms with Crippen molar-refractivity contribution in [3.8, 4) is 5.75 Å².